The van der Waals surface area contributed by atoms with Gasteiger partial charge in [0.25, 0.3) is 0 Å². The van der Waals surface area contributed by atoms with Crippen molar-refractivity contribution in [2.24, 2.45) is 0 Å². The summed E-state index contributed by atoms with van der Waals surface area (Å²) in [6.45, 7) is 0. The summed E-state index contributed by atoms with van der Waals surface area (Å²) in [5.74, 6) is -0.252. The molecular formula is C22H13NO5. The molecule has 4 rings (SSSR count). The van der Waals surface area contributed by atoms with Gasteiger partial charge in [0.05, 0.1) is 24.3 Å². The van der Waals surface area contributed by atoms with E-state index in [1.54, 1.807) is 18.2 Å². The first-order valence-corrected chi connectivity index (χ1v) is 8.34. The summed E-state index contributed by atoms with van der Waals surface area (Å²) < 4.78 is 10.7. The standard InChI is InChI=1S/C22H13NO5/c1-27-22(26)15-5-2-12(11-23)8-18(15)21-16-6-3-13(24)9-19(16)28-20-10-14(25)4-7-17(20)21/h2-10,24H,1H3. The van der Waals surface area contributed by atoms with Gasteiger partial charge in [-0.05, 0) is 48.0 Å². The van der Waals surface area contributed by atoms with E-state index in [1.165, 1.54) is 43.5 Å². The molecule has 2 aliphatic rings. The monoisotopic (exact) mass is 371 g/mol. The molecule has 1 aliphatic carbocycles. The Morgan fingerprint density at radius 3 is 2.64 bits per heavy atom. The molecule has 6 nitrogen and oxygen atoms in total. The molecule has 2 aromatic carbocycles. The third-order valence-corrected chi connectivity index (χ3v) is 4.50. The number of esters is 1. The van der Waals surface area contributed by atoms with Crippen molar-refractivity contribution in [2.45, 2.75) is 0 Å². The molecule has 136 valence electrons. The van der Waals surface area contributed by atoms with Crippen molar-refractivity contribution in [1.29, 1.82) is 5.26 Å². The largest absolute Gasteiger partial charge is 0.508 e. The zero-order valence-corrected chi connectivity index (χ0v) is 14.7. The fourth-order valence-electron chi connectivity index (χ4n) is 3.26. The second-order valence-electron chi connectivity index (χ2n) is 6.18. The van der Waals surface area contributed by atoms with Gasteiger partial charge in [0.1, 0.15) is 17.1 Å². The topological polar surface area (TPSA) is 101 Å². The molecule has 2 aromatic rings. The first kappa shape index (κ1) is 17.3. The average Bonchev–Trinajstić information content (AvgIpc) is 2.70. The Morgan fingerprint density at radius 1 is 1.07 bits per heavy atom. The summed E-state index contributed by atoms with van der Waals surface area (Å²) in [4.78, 5) is 24.2. The van der Waals surface area contributed by atoms with Crippen LogP contribution < -0.4 is 5.43 Å². The number of fused-ring (bicyclic) bond motifs is 2. The Bertz CT molecular complexity index is 1310. The highest BCUT2D eigenvalue weighted by Gasteiger charge is 2.22. The van der Waals surface area contributed by atoms with Gasteiger partial charge in [-0.1, -0.05) is 0 Å². The average molecular weight is 371 g/mol. The van der Waals surface area contributed by atoms with Crippen molar-refractivity contribution in [3.05, 3.63) is 75.9 Å². The van der Waals surface area contributed by atoms with Gasteiger partial charge >= 0.3 is 5.97 Å². The summed E-state index contributed by atoms with van der Waals surface area (Å²) >= 11 is 0. The van der Waals surface area contributed by atoms with E-state index in [9.17, 15) is 20.0 Å². The molecule has 0 saturated heterocycles. The maximum absolute atomic E-state index is 12.4. The number of phenolic OH excluding ortho intramolecular Hbond substituents is 1. The number of phenols is 1. The van der Waals surface area contributed by atoms with Crippen LogP contribution in [0.4, 0.5) is 0 Å². The SMILES string of the molecule is COC(=O)c1ccc(C#N)cc1-c1c2ccc(=O)cc-2oc2cc(O)ccc12. The number of methoxy groups -OCH3 is 1. The van der Waals surface area contributed by atoms with Crippen LogP contribution in [0.3, 0.4) is 0 Å². The highest BCUT2D eigenvalue weighted by molar-refractivity contribution is 6.08. The van der Waals surface area contributed by atoms with Crippen molar-refractivity contribution in [3.63, 3.8) is 0 Å². The number of ether oxygens (including phenoxy) is 1. The van der Waals surface area contributed by atoms with Crippen LogP contribution in [0, 0.1) is 11.3 Å². The van der Waals surface area contributed by atoms with Crippen molar-refractivity contribution in [1.82, 2.24) is 0 Å². The number of carbonyl (C=O) groups excluding carboxylic acids is 1. The molecule has 0 fully saturated rings. The first-order valence-electron chi connectivity index (χ1n) is 8.34. The molecule has 1 heterocycles. The summed E-state index contributed by atoms with van der Waals surface area (Å²) in [5, 5.41) is 19.8. The second-order valence-corrected chi connectivity index (χ2v) is 6.18. The van der Waals surface area contributed by atoms with E-state index >= 15 is 0 Å². The zero-order chi connectivity index (χ0) is 19.8. The quantitative estimate of drug-likeness (QED) is 0.423. The number of benzene rings is 3. The van der Waals surface area contributed by atoms with Gasteiger partial charge in [-0.2, -0.15) is 5.26 Å². The summed E-state index contributed by atoms with van der Waals surface area (Å²) in [6, 6.07) is 15.7. The lowest BCUT2D eigenvalue weighted by Gasteiger charge is -2.17. The number of hydrogen-bond acceptors (Lipinski definition) is 6. The number of hydrogen-bond donors (Lipinski definition) is 1. The fourth-order valence-corrected chi connectivity index (χ4v) is 3.26. The van der Waals surface area contributed by atoms with Crippen LogP contribution in [-0.2, 0) is 4.74 Å². The van der Waals surface area contributed by atoms with Gasteiger partial charge in [-0.25, -0.2) is 4.79 Å². The fraction of sp³-hybridized carbons (Fsp3) is 0.0455. The molecule has 0 atom stereocenters. The van der Waals surface area contributed by atoms with E-state index in [4.69, 9.17) is 9.15 Å². The minimum atomic E-state index is -0.555. The van der Waals surface area contributed by atoms with Crippen LogP contribution >= 0.6 is 0 Å². The molecule has 0 amide bonds. The van der Waals surface area contributed by atoms with E-state index < -0.39 is 5.97 Å². The van der Waals surface area contributed by atoms with Crippen molar-refractivity contribution < 1.29 is 19.1 Å². The second kappa shape index (κ2) is 6.56. The molecule has 0 radical (unpaired) electrons. The lowest BCUT2D eigenvalue weighted by Crippen LogP contribution is -2.06. The number of nitriles is 1. The third kappa shape index (κ3) is 2.75. The molecule has 0 saturated carbocycles. The van der Waals surface area contributed by atoms with Crippen LogP contribution in [0.15, 0.2) is 63.8 Å². The lowest BCUT2D eigenvalue weighted by molar-refractivity contribution is 0.0601. The highest BCUT2D eigenvalue weighted by atomic mass is 16.5. The Kier molecular flexibility index (Phi) is 4.06. The molecule has 0 bridgehead atoms. The summed E-state index contributed by atoms with van der Waals surface area (Å²) in [6.07, 6.45) is 0. The van der Waals surface area contributed by atoms with E-state index in [-0.39, 0.29) is 16.7 Å². The Morgan fingerprint density at radius 2 is 1.89 bits per heavy atom. The van der Waals surface area contributed by atoms with Gasteiger partial charge in [0.2, 0.25) is 0 Å². The predicted molar refractivity (Wildman–Crippen MR) is 102 cm³/mol. The molecule has 0 aromatic heterocycles. The highest BCUT2D eigenvalue weighted by Crippen LogP contribution is 2.42. The van der Waals surface area contributed by atoms with E-state index in [0.717, 1.165) is 0 Å². The third-order valence-electron chi connectivity index (χ3n) is 4.50. The Hall–Kier alpha value is -4.11. The summed E-state index contributed by atoms with van der Waals surface area (Å²) in [5.41, 5.74) is 2.42. The van der Waals surface area contributed by atoms with Crippen LogP contribution in [0.1, 0.15) is 15.9 Å². The predicted octanol–water partition coefficient (Wildman–Crippen LogP) is 3.93. The normalized spacial score (nSPS) is 10.7. The molecule has 1 N–H and O–H groups in total. The van der Waals surface area contributed by atoms with Crippen molar-refractivity contribution in [3.8, 4) is 34.3 Å². The minimum Gasteiger partial charge on any atom is -0.508 e. The molecule has 0 unspecified atom stereocenters. The van der Waals surface area contributed by atoms with Gasteiger partial charge in [0, 0.05) is 28.6 Å². The van der Waals surface area contributed by atoms with Crippen LogP contribution in [0.25, 0.3) is 33.4 Å². The first-order chi connectivity index (χ1) is 13.5. The van der Waals surface area contributed by atoms with Crippen molar-refractivity contribution >= 4 is 16.9 Å². The van der Waals surface area contributed by atoms with Gasteiger partial charge in [-0.3, -0.25) is 4.79 Å². The smallest absolute Gasteiger partial charge is 0.338 e. The summed E-state index contributed by atoms with van der Waals surface area (Å²) in [7, 11) is 1.28. The van der Waals surface area contributed by atoms with E-state index in [2.05, 4.69) is 6.07 Å². The number of rotatable bonds is 2. The zero-order valence-electron chi connectivity index (χ0n) is 14.7. The number of aromatic hydroxyl groups is 1. The molecule has 1 aliphatic heterocycles. The number of carbonyl (C=O) groups is 1. The maximum Gasteiger partial charge on any atom is 0.338 e. The molecule has 6 heteroatoms. The Balaban J connectivity index is 2.21. The van der Waals surface area contributed by atoms with Gasteiger partial charge < -0.3 is 14.3 Å². The molecule has 0 spiro atoms. The lowest BCUT2D eigenvalue weighted by atomic mass is 9.90. The molecule has 28 heavy (non-hydrogen) atoms. The Labute approximate surface area is 159 Å². The number of nitrogens with zero attached hydrogens (tertiary/aromatic N) is 1. The van der Waals surface area contributed by atoms with Crippen LogP contribution in [0.2, 0.25) is 0 Å². The minimum absolute atomic E-state index is 0.00112. The maximum atomic E-state index is 12.4. The van der Waals surface area contributed by atoms with Crippen LogP contribution in [-0.4, -0.2) is 18.2 Å². The molecular weight excluding hydrogens is 358 g/mol. The van der Waals surface area contributed by atoms with Crippen molar-refractivity contribution in [2.75, 3.05) is 7.11 Å². The van der Waals surface area contributed by atoms with Crippen LogP contribution in [0.5, 0.6) is 5.75 Å². The van der Waals surface area contributed by atoms with Gasteiger partial charge in [-0.15, -0.1) is 0 Å². The van der Waals surface area contributed by atoms with Gasteiger partial charge in [0.15, 0.2) is 5.43 Å². The van der Waals surface area contributed by atoms with E-state index in [0.29, 0.717) is 39.0 Å². The van der Waals surface area contributed by atoms with E-state index in [1.807, 2.05) is 0 Å².